The molecule has 0 aliphatic heterocycles. The van der Waals surface area contributed by atoms with E-state index >= 15 is 0 Å². The first kappa shape index (κ1) is 8.29. The first-order valence-corrected chi connectivity index (χ1v) is 4.02. The van der Waals surface area contributed by atoms with E-state index in [0.717, 1.165) is 24.8 Å². The number of rotatable bonds is 2. The Morgan fingerprint density at radius 1 is 1.73 bits per heavy atom. The van der Waals surface area contributed by atoms with Crippen LogP contribution in [0.1, 0.15) is 25.7 Å². The summed E-state index contributed by atoms with van der Waals surface area (Å²) in [5.41, 5.74) is 1.11. The highest BCUT2D eigenvalue weighted by Crippen LogP contribution is 2.25. The Bertz CT molecular complexity index is 190. The van der Waals surface area contributed by atoms with Crippen molar-refractivity contribution in [2.75, 3.05) is 6.61 Å². The molecule has 2 heteroatoms. The van der Waals surface area contributed by atoms with E-state index in [9.17, 15) is 0 Å². The fraction of sp³-hybridized carbons (Fsp3) is 0.667. The molecule has 0 aromatic rings. The summed E-state index contributed by atoms with van der Waals surface area (Å²) in [5, 5.41) is 17.3. The van der Waals surface area contributed by atoms with E-state index in [0.29, 0.717) is 12.3 Å². The number of aliphatic hydroxyl groups excluding tert-OH is 1. The van der Waals surface area contributed by atoms with Gasteiger partial charge in [0, 0.05) is 6.42 Å². The zero-order chi connectivity index (χ0) is 8.10. The maximum absolute atomic E-state index is 8.83. The van der Waals surface area contributed by atoms with Crippen LogP contribution < -0.4 is 0 Å². The predicted molar refractivity (Wildman–Crippen MR) is 42.7 cm³/mol. The molecular weight excluding hydrogens is 138 g/mol. The maximum atomic E-state index is 8.83. The van der Waals surface area contributed by atoms with Gasteiger partial charge in [-0.1, -0.05) is 6.08 Å². The van der Waals surface area contributed by atoms with Crippen LogP contribution in [-0.4, -0.2) is 11.7 Å². The summed E-state index contributed by atoms with van der Waals surface area (Å²) in [6.45, 7) is 0.169. The van der Waals surface area contributed by atoms with Crippen LogP contribution in [0.15, 0.2) is 11.6 Å². The van der Waals surface area contributed by atoms with Gasteiger partial charge in [0.25, 0.3) is 0 Å². The summed E-state index contributed by atoms with van der Waals surface area (Å²) >= 11 is 0. The van der Waals surface area contributed by atoms with Crippen LogP contribution in [0.2, 0.25) is 0 Å². The number of hydrogen-bond acceptors (Lipinski definition) is 2. The number of nitriles is 1. The minimum Gasteiger partial charge on any atom is -0.392 e. The summed E-state index contributed by atoms with van der Waals surface area (Å²) in [4.78, 5) is 0. The van der Waals surface area contributed by atoms with Crippen molar-refractivity contribution in [3.05, 3.63) is 11.6 Å². The van der Waals surface area contributed by atoms with Crippen molar-refractivity contribution in [2.24, 2.45) is 5.92 Å². The second kappa shape index (κ2) is 4.15. The van der Waals surface area contributed by atoms with E-state index in [4.69, 9.17) is 10.4 Å². The molecule has 0 heterocycles. The Morgan fingerprint density at radius 3 is 3.18 bits per heavy atom. The van der Waals surface area contributed by atoms with Crippen LogP contribution in [0, 0.1) is 17.2 Å². The molecule has 1 rings (SSSR count). The number of nitrogens with zero attached hydrogens (tertiary/aromatic N) is 1. The van der Waals surface area contributed by atoms with Gasteiger partial charge in [0.15, 0.2) is 0 Å². The maximum Gasteiger partial charge on any atom is 0.0641 e. The van der Waals surface area contributed by atoms with Gasteiger partial charge in [0.05, 0.1) is 12.7 Å². The minimum absolute atomic E-state index is 0.169. The fourth-order valence-corrected chi connectivity index (χ4v) is 1.51. The molecular formula is C9H13NO. The highest BCUT2D eigenvalue weighted by atomic mass is 16.3. The molecule has 0 saturated carbocycles. The van der Waals surface area contributed by atoms with Gasteiger partial charge in [-0.3, -0.25) is 0 Å². The van der Waals surface area contributed by atoms with Crippen molar-refractivity contribution in [2.45, 2.75) is 25.7 Å². The zero-order valence-electron chi connectivity index (χ0n) is 6.58. The molecule has 1 aliphatic carbocycles. The Hall–Kier alpha value is -0.810. The summed E-state index contributed by atoms with van der Waals surface area (Å²) < 4.78 is 0. The van der Waals surface area contributed by atoms with E-state index in [1.807, 2.05) is 0 Å². The molecule has 0 bridgehead atoms. The lowest BCUT2D eigenvalue weighted by Gasteiger charge is -2.18. The molecule has 11 heavy (non-hydrogen) atoms. The van der Waals surface area contributed by atoms with Crippen LogP contribution in [0.5, 0.6) is 0 Å². The SMILES string of the molecule is N#CCC1CCC=C(CO)C1. The van der Waals surface area contributed by atoms with Gasteiger partial charge in [0.1, 0.15) is 0 Å². The molecule has 1 aliphatic rings. The largest absolute Gasteiger partial charge is 0.392 e. The average Bonchev–Trinajstić information content (AvgIpc) is 2.06. The quantitative estimate of drug-likeness (QED) is 0.609. The van der Waals surface area contributed by atoms with Gasteiger partial charge in [-0.05, 0) is 30.8 Å². The Morgan fingerprint density at radius 2 is 2.55 bits per heavy atom. The molecule has 0 saturated heterocycles. The van der Waals surface area contributed by atoms with Crippen LogP contribution in [-0.2, 0) is 0 Å². The average molecular weight is 151 g/mol. The Labute approximate surface area is 67.2 Å². The highest BCUT2D eigenvalue weighted by Gasteiger charge is 2.13. The molecule has 2 nitrogen and oxygen atoms in total. The molecule has 60 valence electrons. The van der Waals surface area contributed by atoms with Crippen molar-refractivity contribution in [1.29, 1.82) is 5.26 Å². The van der Waals surface area contributed by atoms with Gasteiger partial charge in [0.2, 0.25) is 0 Å². The zero-order valence-corrected chi connectivity index (χ0v) is 6.58. The van der Waals surface area contributed by atoms with Crippen molar-refractivity contribution < 1.29 is 5.11 Å². The summed E-state index contributed by atoms with van der Waals surface area (Å²) in [6, 6.07) is 2.17. The van der Waals surface area contributed by atoms with Gasteiger partial charge < -0.3 is 5.11 Å². The smallest absolute Gasteiger partial charge is 0.0641 e. The Balaban J connectivity index is 2.41. The standard InChI is InChI=1S/C9H13NO/c10-5-4-8-2-1-3-9(6-8)7-11/h3,8,11H,1-2,4,6-7H2. The third-order valence-electron chi connectivity index (χ3n) is 2.14. The topological polar surface area (TPSA) is 44.0 Å². The van der Waals surface area contributed by atoms with Crippen LogP contribution in [0.25, 0.3) is 0 Å². The molecule has 1 atom stereocenters. The molecule has 1 unspecified atom stereocenters. The normalized spacial score (nSPS) is 24.0. The van der Waals surface area contributed by atoms with E-state index in [1.54, 1.807) is 0 Å². The lowest BCUT2D eigenvalue weighted by atomic mass is 9.87. The minimum atomic E-state index is 0.169. The molecule has 0 radical (unpaired) electrons. The molecule has 0 spiro atoms. The molecule has 0 aromatic heterocycles. The lowest BCUT2D eigenvalue weighted by Crippen LogP contribution is -2.07. The summed E-state index contributed by atoms with van der Waals surface area (Å²) in [5.74, 6) is 0.493. The molecule has 0 fully saturated rings. The predicted octanol–water partition coefficient (Wildman–Crippen LogP) is 1.62. The van der Waals surface area contributed by atoms with E-state index < -0.39 is 0 Å². The Kier molecular flexibility index (Phi) is 3.13. The lowest BCUT2D eigenvalue weighted by molar-refractivity contribution is 0.311. The molecule has 0 amide bonds. The molecule has 1 N–H and O–H groups in total. The van der Waals surface area contributed by atoms with Gasteiger partial charge in [-0.15, -0.1) is 0 Å². The van der Waals surface area contributed by atoms with Crippen LogP contribution in [0.4, 0.5) is 0 Å². The monoisotopic (exact) mass is 151 g/mol. The van der Waals surface area contributed by atoms with Gasteiger partial charge >= 0.3 is 0 Å². The van der Waals surface area contributed by atoms with Crippen LogP contribution >= 0.6 is 0 Å². The van der Waals surface area contributed by atoms with Gasteiger partial charge in [-0.2, -0.15) is 5.26 Å². The van der Waals surface area contributed by atoms with E-state index in [1.165, 1.54) is 0 Å². The fourth-order valence-electron chi connectivity index (χ4n) is 1.51. The summed E-state index contributed by atoms with van der Waals surface area (Å²) in [6.07, 6.45) is 5.79. The third kappa shape index (κ3) is 2.36. The first-order valence-electron chi connectivity index (χ1n) is 4.02. The van der Waals surface area contributed by atoms with Gasteiger partial charge in [-0.25, -0.2) is 0 Å². The number of aliphatic hydroxyl groups is 1. The molecule has 0 aromatic carbocycles. The second-order valence-corrected chi connectivity index (χ2v) is 3.03. The number of hydrogen-bond donors (Lipinski definition) is 1. The number of allylic oxidation sites excluding steroid dienone is 1. The first-order chi connectivity index (χ1) is 5.36. The van der Waals surface area contributed by atoms with Crippen LogP contribution in [0.3, 0.4) is 0 Å². The highest BCUT2D eigenvalue weighted by molar-refractivity contribution is 5.07. The van der Waals surface area contributed by atoms with E-state index in [2.05, 4.69) is 12.1 Å². The van der Waals surface area contributed by atoms with Crippen molar-refractivity contribution in [3.63, 3.8) is 0 Å². The van der Waals surface area contributed by atoms with Crippen molar-refractivity contribution in [3.8, 4) is 6.07 Å². The second-order valence-electron chi connectivity index (χ2n) is 3.03. The summed E-state index contributed by atoms with van der Waals surface area (Å²) in [7, 11) is 0. The van der Waals surface area contributed by atoms with E-state index in [-0.39, 0.29) is 6.61 Å². The third-order valence-corrected chi connectivity index (χ3v) is 2.14. The van der Waals surface area contributed by atoms with Crippen molar-refractivity contribution in [1.82, 2.24) is 0 Å². The van der Waals surface area contributed by atoms with Crippen molar-refractivity contribution >= 4 is 0 Å².